The van der Waals surface area contributed by atoms with Gasteiger partial charge in [-0.05, 0) is 29.7 Å². The topological polar surface area (TPSA) is 69.2 Å². The van der Waals surface area contributed by atoms with E-state index in [0.717, 1.165) is 29.1 Å². The molecule has 15 heteroatoms. The maximum atomic E-state index is 14.4. The maximum Gasteiger partial charge on any atom is 0.460 e. The Hall–Kier alpha value is -4.92. The fourth-order valence-electron chi connectivity index (χ4n) is 4.94. The summed E-state index contributed by atoms with van der Waals surface area (Å²) in [5.74, 6) is -15.9. The number of halogens is 9. The lowest BCUT2D eigenvalue weighted by atomic mass is 10.00. The van der Waals surface area contributed by atoms with E-state index in [2.05, 4.69) is 4.18 Å². The number of fused-ring (bicyclic) bond motifs is 4. The zero-order chi connectivity index (χ0) is 34.0. The van der Waals surface area contributed by atoms with Crippen LogP contribution in [0.1, 0.15) is 0 Å². The van der Waals surface area contributed by atoms with Crippen LogP contribution in [0.2, 0.25) is 0 Å². The molecule has 47 heavy (non-hydrogen) atoms. The maximum absolute atomic E-state index is 14.4. The average molecular weight is 681 g/mol. The smallest absolute Gasteiger partial charge is 0.377 e. The van der Waals surface area contributed by atoms with Crippen molar-refractivity contribution in [3.8, 4) is 28.3 Å². The molecular weight excluding hydrogens is 663 g/mol. The van der Waals surface area contributed by atoms with E-state index in [1.807, 2.05) is 54.6 Å². The molecule has 0 atom stereocenters. The van der Waals surface area contributed by atoms with Gasteiger partial charge in [0.2, 0.25) is 0 Å². The molecule has 242 valence electrons. The van der Waals surface area contributed by atoms with Crippen LogP contribution in [0.25, 0.3) is 55.1 Å². The Bertz CT molecular complexity index is 2280. The van der Waals surface area contributed by atoms with Crippen molar-refractivity contribution in [3.05, 3.63) is 103 Å². The van der Waals surface area contributed by atoms with E-state index in [1.54, 1.807) is 12.1 Å². The zero-order valence-corrected chi connectivity index (χ0v) is 24.1. The van der Waals surface area contributed by atoms with E-state index in [4.69, 9.17) is 9.97 Å². The summed E-state index contributed by atoms with van der Waals surface area (Å²) in [5.41, 5.74) is 3.09. The number of pyridine rings is 2. The molecule has 2 heterocycles. The summed E-state index contributed by atoms with van der Waals surface area (Å²) < 4.78 is 150. The highest BCUT2D eigenvalue weighted by Gasteiger charge is 2.86. The average Bonchev–Trinajstić information content (AvgIpc) is 3.04. The Morgan fingerprint density at radius 3 is 1.64 bits per heavy atom. The molecule has 0 unspecified atom stereocenters. The standard InChI is InChI=1S/C32H17F9N2O3S/c33-29(34,31(37,38)39)30(35,36)32(40,41)47(44,45)46-26-17-14-22(21-8-4-5-9-23(21)26)25-16-13-20-11-10-19-12-15-24(18-6-2-1-3-7-18)42-27(19)28(20)43-25/h1-17H. The Morgan fingerprint density at radius 2 is 1.04 bits per heavy atom. The summed E-state index contributed by atoms with van der Waals surface area (Å²) >= 11 is 0. The number of aromatic nitrogens is 2. The van der Waals surface area contributed by atoms with Gasteiger partial charge >= 0.3 is 33.4 Å². The number of benzene rings is 4. The number of nitrogens with zero attached hydrogens (tertiary/aromatic N) is 2. The third-order valence-electron chi connectivity index (χ3n) is 7.38. The Labute approximate surface area is 259 Å². The molecule has 0 saturated heterocycles. The second-order valence-corrected chi connectivity index (χ2v) is 11.9. The van der Waals surface area contributed by atoms with Crippen LogP contribution < -0.4 is 4.18 Å². The monoisotopic (exact) mass is 680 g/mol. The van der Waals surface area contributed by atoms with Crippen LogP contribution in [0.4, 0.5) is 39.5 Å². The van der Waals surface area contributed by atoms with Crippen LogP contribution in [-0.4, -0.2) is 41.7 Å². The lowest BCUT2D eigenvalue weighted by Gasteiger charge is -2.32. The Balaban J connectivity index is 1.44. The van der Waals surface area contributed by atoms with Crippen LogP contribution in [0.15, 0.2) is 103 Å². The third-order valence-corrected chi connectivity index (χ3v) is 8.66. The van der Waals surface area contributed by atoms with Crippen LogP contribution in [0.3, 0.4) is 0 Å². The second kappa shape index (κ2) is 10.8. The van der Waals surface area contributed by atoms with Gasteiger partial charge in [-0.1, -0.05) is 78.9 Å². The normalized spacial score (nSPS) is 13.4. The molecule has 2 aromatic heterocycles. The Morgan fingerprint density at radius 1 is 0.532 bits per heavy atom. The molecule has 5 nitrogen and oxygen atoms in total. The minimum absolute atomic E-state index is 0.0981. The fraction of sp³-hybridized carbons (Fsp3) is 0.125. The van der Waals surface area contributed by atoms with Crippen LogP contribution >= 0.6 is 0 Å². The summed E-state index contributed by atoms with van der Waals surface area (Å²) in [6.45, 7) is 0. The van der Waals surface area contributed by atoms with Crippen LogP contribution in [-0.2, 0) is 10.1 Å². The highest BCUT2D eigenvalue weighted by Crippen LogP contribution is 2.55. The summed E-state index contributed by atoms with van der Waals surface area (Å²) in [6, 6.07) is 27.2. The predicted molar refractivity (Wildman–Crippen MR) is 156 cm³/mol. The third kappa shape index (κ3) is 5.08. The predicted octanol–water partition coefficient (Wildman–Crippen LogP) is 9.40. The van der Waals surface area contributed by atoms with Crippen molar-refractivity contribution in [2.24, 2.45) is 0 Å². The van der Waals surface area contributed by atoms with Crippen molar-refractivity contribution in [2.75, 3.05) is 0 Å². The van der Waals surface area contributed by atoms with E-state index >= 15 is 0 Å². The van der Waals surface area contributed by atoms with Gasteiger partial charge in [0, 0.05) is 27.3 Å². The summed E-state index contributed by atoms with van der Waals surface area (Å²) in [6.07, 6.45) is -7.21. The molecule has 0 aliphatic rings. The van der Waals surface area contributed by atoms with Gasteiger partial charge in [0.25, 0.3) is 0 Å². The lowest BCUT2D eigenvalue weighted by Crippen LogP contribution is -2.63. The van der Waals surface area contributed by atoms with Crippen LogP contribution in [0.5, 0.6) is 5.75 Å². The molecule has 0 spiro atoms. The molecule has 6 rings (SSSR count). The second-order valence-electron chi connectivity index (χ2n) is 10.3. The lowest BCUT2D eigenvalue weighted by molar-refractivity contribution is -0.382. The van der Waals surface area contributed by atoms with E-state index in [-0.39, 0.29) is 22.0 Å². The van der Waals surface area contributed by atoms with E-state index in [0.29, 0.717) is 22.1 Å². The first kappa shape index (κ1) is 32.0. The van der Waals surface area contributed by atoms with Gasteiger partial charge in [0.05, 0.1) is 22.4 Å². The molecule has 0 aliphatic heterocycles. The van der Waals surface area contributed by atoms with Crippen molar-refractivity contribution < 1.29 is 52.1 Å². The van der Waals surface area contributed by atoms with E-state index in [9.17, 15) is 47.9 Å². The molecule has 0 bridgehead atoms. The van der Waals surface area contributed by atoms with Crippen molar-refractivity contribution in [1.29, 1.82) is 0 Å². The van der Waals surface area contributed by atoms with Gasteiger partial charge in [-0.25, -0.2) is 9.97 Å². The molecule has 6 aromatic rings. The van der Waals surface area contributed by atoms with Crippen molar-refractivity contribution in [1.82, 2.24) is 9.97 Å². The summed E-state index contributed by atoms with van der Waals surface area (Å²) in [5, 5.41) is -5.73. The van der Waals surface area contributed by atoms with Gasteiger partial charge in [-0.15, -0.1) is 0 Å². The molecule has 0 radical (unpaired) electrons. The number of alkyl halides is 9. The van der Waals surface area contributed by atoms with Crippen molar-refractivity contribution in [3.63, 3.8) is 0 Å². The first-order chi connectivity index (χ1) is 22.0. The molecule has 4 aromatic carbocycles. The quantitative estimate of drug-likeness (QED) is 0.0955. The van der Waals surface area contributed by atoms with Gasteiger partial charge in [0.1, 0.15) is 0 Å². The van der Waals surface area contributed by atoms with Crippen molar-refractivity contribution in [2.45, 2.75) is 23.3 Å². The number of hydrogen-bond acceptors (Lipinski definition) is 5. The molecule has 0 amide bonds. The molecule has 0 aliphatic carbocycles. The molecule has 0 N–H and O–H groups in total. The van der Waals surface area contributed by atoms with Gasteiger partial charge in [-0.2, -0.15) is 47.9 Å². The first-order valence-corrected chi connectivity index (χ1v) is 14.8. The highest BCUT2D eigenvalue weighted by molar-refractivity contribution is 7.88. The summed E-state index contributed by atoms with van der Waals surface area (Å²) in [4.78, 5) is 9.55. The SMILES string of the molecule is O=S(=O)(Oc1ccc(-c2ccc3ccc4ccc(-c5ccccc5)nc4c3n2)c2ccccc12)C(F)(F)C(F)(F)C(F)(F)C(F)(F)F. The summed E-state index contributed by atoms with van der Waals surface area (Å²) in [7, 11) is -7.15. The zero-order valence-electron chi connectivity index (χ0n) is 23.2. The van der Waals surface area contributed by atoms with Gasteiger partial charge in [-0.3, -0.25) is 0 Å². The Kier molecular flexibility index (Phi) is 7.38. The van der Waals surface area contributed by atoms with Gasteiger partial charge < -0.3 is 4.18 Å². The molecule has 0 saturated carbocycles. The van der Waals surface area contributed by atoms with Crippen LogP contribution in [0, 0.1) is 0 Å². The molecule has 0 fully saturated rings. The van der Waals surface area contributed by atoms with E-state index < -0.39 is 39.1 Å². The molecular formula is C32H17F9N2O3S. The number of rotatable bonds is 7. The number of hydrogen-bond donors (Lipinski definition) is 0. The van der Waals surface area contributed by atoms with Gasteiger partial charge in [0.15, 0.2) is 5.75 Å². The minimum Gasteiger partial charge on any atom is -0.377 e. The van der Waals surface area contributed by atoms with Crippen molar-refractivity contribution >= 4 is 42.7 Å². The first-order valence-electron chi connectivity index (χ1n) is 13.4. The highest BCUT2D eigenvalue weighted by atomic mass is 32.2. The van der Waals surface area contributed by atoms with E-state index in [1.165, 1.54) is 18.2 Å². The minimum atomic E-state index is -7.43. The largest absolute Gasteiger partial charge is 0.460 e. The fourth-order valence-corrected chi connectivity index (χ4v) is 5.87.